The lowest BCUT2D eigenvalue weighted by molar-refractivity contribution is 0.461. The van der Waals surface area contributed by atoms with Gasteiger partial charge in [0.15, 0.2) is 11.6 Å². The maximum atomic E-state index is 13.4. The zero-order chi connectivity index (χ0) is 15.5. The summed E-state index contributed by atoms with van der Waals surface area (Å²) < 4.78 is 67.5. The molecule has 0 radical (unpaired) electrons. The first kappa shape index (κ1) is 15.4. The molecule has 0 N–H and O–H groups in total. The third-order valence-electron chi connectivity index (χ3n) is 2.69. The van der Waals surface area contributed by atoms with Gasteiger partial charge in [0.1, 0.15) is 11.6 Å². The summed E-state index contributed by atoms with van der Waals surface area (Å²) >= 11 is 0. The van der Waals surface area contributed by atoms with Crippen LogP contribution in [0.25, 0.3) is 0 Å². The van der Waals surface area contributed by atoms with Crippen LogP contribution in [0.1, 0.15) is 5.56 Å². The van der Waals surface area contributed by atoms with Crippen LogP contribution in [-0.2, 0) is 16.5 Å². The summed E-state index contributed by atoms with van der Waals surface area (Å²) in [5.41, 5.74) is 0.0390. The number of para-hydroxylation sites is 1. The summed E-state index contributed by atoms with van der Waals surface area (Å²) in [5.74, 6) is -3.37. The molecule has 112 valence electrons. The van der Waals surface area contributed by atoms with Gasteiger partial charge in [-0.1, -0.05) is 18.2 Å². The molecule has 0 spiro atoms. The first-order valence-electron chi connectivity index (χ1n) is 5.98. The Balaban J connectivity index is 2.06. The maximum Gasteiger partial charge on any atom is 0.309 e. The molecule has 0 amide bonds. The minimum absolute atomic E-state index is 0.0390. The molecule has 0 bridgehead atoms. The van der Waals surface area contributed by atoms with E-state index in [-0.39, 0.29) is 12.0 Å². The molecule has 7 heteroatoms. The Labute approximate surface area is 120 Å². The predicted molar refractivity (Wildman–Crippen MR) is 70.9 cm³/mol. The van der Waals surface area contributed by atoms with E-state index in [0.29, 0.717) is 6.07 Å². The maximum absolute atomic E-state index is 13.4. The van der Waals surface area contributed by atoms with E-state index in [0.717, 1.165) is 18.2 Å². The van der Waals surface area contributed by atoms with Crippen LogP contribution in [-0.4, -0.2) is 14.2 Å². The van der Waals surface area contributed by atoms with Gasteiger partial charge >= 0.3 is 10.1 Å². The highest BCUT2D eigenvalue weighted by Crippen LogP contribution is 2.18. The van der Waals surface area contributed by atoms with Gasteiger partial charge < -0.3 is 4.18 Å². The monoisotopic (exact) mass is 316 g/mol. The quantitative estimate of drug-likeness (QED) is 0.796. The number of hydrogen-bond donors (Lipinski definition) is 0. The minimum Gasteiger partial charge on any atom is -0.379 e. The summed E-state index contributed by atoms with van der Waals surface area (Å²) in [4.78, 5) is 0. The molecular formula is C14H11F3O3S. The number of hydrogen-bond acceptors (Lipinski definition) is 3. The van der Waals surface area contributed by atoms with Crippen molar-refractivity contribution >= 4 is 10.1 Å². The third kappa shape index (κ3) is 4.22. The molecule has 0 aliphatic rings. The van der Waals surface area contributed by atoms with E-state index in [1.54, 1.807) is 0 Å². The summed E-state index contributed by atoms with van der Waals surface area (Å²) in [7, 11) is -4.08. The van der Waals surface area contributed by atoms with Crippen molar-refractivity contribution in [3.8, 4) is 5.75 Å². The minimum atomic E-state index is -4.08. The molecule has 0 atom stereocenters. The van der Waals surface area contributed by atoms with Crippen LogP contribution in [0.2, 0.25) is 0 Å². The average Bonchev–Trinajstić information content (AvgIpc) is 2.40. The largest absolute Gasteiger partial charge is 0.379 e. The fraction of sp³-hybridized carbons (Fsp3) is 0.143. The van der Waals surface area contributed by atoms with Crippen molar-refractivity contribution in [2.45, 2.75) is 6.42 Å². The molecule has 2 aromatic carbocycles. The molecule has 0 heterocycles. The lowest BCUT2D eigenvalue weighted by Crippen LogP contribution is -2.16. The summed E-state index contributed by atoms with van der Waals surface area (Å²) in [6.45, 7) is 0. The molecule has 0 aliphatic carbocycles. The van der Waals surface area contributed by atoms with Crippen LogP contribution in [0, 0.1) is 17.5 Å². The van der Waals surface area contributed by atoms with Gasteiger partial charge in [-0.25, -0.2) is 13.2 Å². The van der Waals surface area contributed by atoms with E-state index in [1.165, 1.54) is 18.2 Å². The molecule has 0 saturated carbocycles. The molecular weight excluding hydrogens is 305 g/mol. The lowest BCUT2D eigenvalue weighted by atomic mass is 10.1. The first-order chi connectivity index (χ1) is 9.87. The van der Waals surface area contributed by atoms with E-state index in [2.05, 4.69) is 4.18 Å². The van der Waals surface area contributed by atoms with Gasteiger partial charge in [0, 0.05) is 6.07 Å². The van der Waals surface area contributed by atoms with Crippen LogP contribution in [0.3, 0.4) is 0 Å². The topological polar surface area (TPSA) is 43.4 Å². The Hall–Kier alpha value is -2.02. The van der Waals surface area contributed by atoms with Gasteiger partial charge in [0.25, 0.3) is 0 Å². The zero-order valence-corrected chi connectivity index (χ0v) is 11.5. The zero-order valence-electron chi connectivity index (χ0n) is 10.7. The Bertz CT molecular complexity index is 745. The molecule has 21 heavy (non-hydrogen) atoms. The Morgan fingerprint density at radius 1 is 0.952 bits per heavy atom. The van der Waals surface area contributed by atoms with Crippen LogP contribution in [0.5, 0.6) is 5.75 Å². The van der Waals surface area contributed by atoms with Gasteiger partial charge in [-0.2, -0.15) is 8.42 Å². The fourth-order valence-electron chi connectivity index (χ4n) is 1.65. The van der Waals surface area contributed by atoms with Crippen molar-refractivity contribution in [3.05, 3.63) is 65.5 Å². The number of aryl methyl sites for hydroxylation is 1. The van der Waals surface area contributed by atoms with E-state index in [4.69, 9.17) is 0 Å². The Kier molecular flexibility index (Phi) is 4.52. The normalized spacial score (nSPS) is 11.4. The second kappa shape index (κ2) is 6.17. The fourth-order valence-corrected chi connectivity index (χ4v) is 2.61. The van der Waals surface area contributed by atoms with Crippen molar-refractivity contribution in [3.63, 3.8) is 0 Å². The van der Waals surface area contributed by atoms with Gasteiger partial charge in [-0.15, -0.1) is 0 Å². The second-order valence-electron chi connectivity index (χ2n) is 4.26. The van der Waals surface area contributed by atoms with E-state index in [1.807, 2.05) is 0 Å². The van der Waals surface area contributed by atoms with Crippen molar-refractivity contribution in [1.29, 1.82) is 0 Å². The van der Waals surface area contributed by atoms with E-state index in [9.17, 15) is 21.6 Å². The molecule has 0 fully saturated rings. The van der Waals surface area contributed by atoms with Gasteiger partial charge in [0.2, 0.25) is 0 Å². The smallest absolute Gasteiger partial charge is 0.309 e. The van der Waals surface area contributed by atoms with Crippen molar-refractivity contribution in [2.24, 2.45) is 0 Å². The number of halogens is 3. The first-order valence-corrected chi connectivity index (χ1v) is 7.56. The highest BCUT2D eigenvalue weighted by molar-refractivity contribution is 7.87. The van der Waals surface area contributed by atoms with Crippen LogP contribution >= 0.6 is 0 Å². The highest BCUT2D eigenvalue weighted by Gasteiger charge is 2.17. The summed E-state index contributed by atoms with van der Waals surface area (Å²) in [6.07, 6.45) is -0.205. The number of benzene rings is 2. The van der Waals surface area contributed by atoms with Gasteiger partial charge in [-0.05, 0) is 30.2 Å². The van der Waals surface area contributed by atoms with Gasteiger partial charge in [-0.3, -0.25) is 0 Å². The van der Waals surface area contributed by atoms with E-state index < -0.39 is 39.1 Å². The number of rotatable bonds is 5. The van der Waals surface area contributed by atoms with Crippen molar-refractivity contribution in [2.75, 3.05) is 5.75 Å². The SMILES string of the molecule is O=S(=O)(CCc1ccc(F)cc1F)Oc1ccccc1F. The van der Waals surface area contributed by atoms with E-state index >= 15 is 0 Å². The Morgan fingerprint density at radius 3 is 2.33 bits per heavy atom. The summed E-state index contributed by atoms with van der Waals surface area (Å²) in [5, 5.41) is 0. The predicted octanol–water partition coefficient (Wildman–Crippen LogP) is 3.06. The molecule has 0 saturated heterocycles. The third-order valence-corrected chi connectivity index (χ3v) is 3.83. The second-order valence-corrected chi connectivity index (χ2v) is 5.95. The standard InChI is InChI=1S/C14H11F3O3S/c15-11-6-5-10(13(17)9-11)7-8-21(18,19)20-14-4-2-1-3-12(14)16/h1-6,9H,7-8H2. The average molecular weight is 316 g/mol. The highest BCUT2D eigenvalue weighted by atomic mass is 32.2. The summed E-state index contributed by atoms with van der Waals surface area (Å²) in [6, 6.07) is 7.90. The lowest BCUT2D eigenvalue weighted by Gasteiger charge is -2.08. The Morgan fingerprint density at radius 2 is 1.67 bits per heavy atom. The molecule has 2 aromatic rings. The van der Waals surface area contributed by atoms with Gasteiger partial charge in [0.05, 0.1) is 5.75 Å². The molecule has 0 aromatic heterocycles. The van der Waals surface area contributed by atoms with Crippen LogP contribution in [0.15, 0.2) is 42.5 Å². The molecule has 2 rings (SSSR count). The molecule has 0 aliphatic heterocycles. The van der Waals surface area contributed by atoms with Crippen molar-refractivity contribution in [1.82, 2.24) is 0 Å². The molecule has 0 unspecified atom stereocenters. The van der Waals surface area contributed by atoms with Crippen molar-refractivity contribution < 1.29 is 25.8 Å². The van der Waals surface area contributed by atoms with Crippen LogP contribution in [0.4, 0.5) is 13.2 Å². The molecule has 3 nitrogen and oxygen atoms in total. The van der Waals surface area contributed by atoms with Crippen LogP contribution < -0.4 is 4.18 Å².